The SMILES string of the molecule is COc1ccc([N+](=O)[O-])cc1[As]=O. The molecule has 0 heterocycles. The van der Waals surface area contributed by atoms with E-state index >= 15 is 0 Å². The van der Waals surface area contributed by atoms with E-state index < -0.39 is 20.6 Å². The predicted octanol–water partition coefficient (Wildman–Crippen LogP) is 0.278. The third-order valence-electron chi connectivity index (χ3n) is 1.47. The Labute approximate surface area is 80.8 Å². The van der Waals surface area contributed by atoms with Crippen molar-refractivity contribution < 1.29 is 13.4 Å². The summed E-state index contributed by atoms with van der Waals surface area (Å²) < 4.78 is 15.9. The Morgan fingerprint density at radius 3 is 2.69 bits per heavy atom. The monoisotopic (exact) mass is 243 g/mol. The molecule has 0 radical (unpaired) electrons. The van der Waals surface area contributed by atoms with Gasteiger partial charge in [0, 0.05) is 0 Å². The molecule has 0 fully saturated rings. The minimum absolute atomic E-state index is 0.0676. The summed E-state index contributed by atoms with van der Waals surface area (Å²) in [6.45, 7) is 0. The molecule has 0 aromatic heterocycles. The number of ether oxygens (including phenoxy) is 1. The normalized spacial score (nSPS) is 9.92. The van der Waals surface area contributed by atoms with Crippen LogP contribution in [0.5, 0.6) is 5.75 Å². The maximum atomic E-state index is 10.7. The van der Waals surface area contributed by atoms with Gasteiger partial charge in [0.25, 0.3) is 0 Å². The number of nitro groups is 1. The molecule has 0 bridgehead atoms. The van der Waals surface area contributed by atoms with Gasteiger partial charge in [0.05, 0.1) is 0 Å². The molecule has 0 saturated carbocycles. The molecule has 5 nitrogen and oxygen atoms in total. The molecule has 0 amide bonds. The molecule has 0 aliphatic rings. The molecule has 0 aliphatic carbocycles. The fourth-order valence-electron chi connectivity index (χ4n) is 0.863. The number of nitro benzene ring substituents is 1. The zero-order valence-corrected chi connectivity index (χ0v) is 8.64. The predicted molar refractivity (Wildman–Crippen MR) is 45.7 cm³/mol. The van der Waals surface area contributed by atoms with Crippen LogP contribution in [-0.2, 0) is 3.74 Å². The average molecular weight is 243 g/mol. The summed E-state index contributed by atoms with van der Waals surface area (Å²) in [5.74, 6) is 0.431. The first kappa shape index (κ1) is 9.86. The van der Waals surface area contributed by atoms with Crippen LogP contribution in [0.15, 0.2) is 18.2 Å². The fourth-order valence-corrected chi connectivity index (χ4v) is 1.79. The molecule has 68 valence electrons. The van der Waals surface area contributed by atoms with E-state index in [0.717, 1.165) is 0 Å². The molecular formula is C7H6AsNO4. The number of non-ortho nitro benzene ring substituents is 1. The van der Waals surface area contributed by atoms with Crippen LogP contribution in [0.2, 0.25) is 0 Å². The van der Waals surface area contributed by atoms with Crippen molar-refractivity contribution in [2.75, 3.05) is 7.11 Å². The van der Waals surface area contributed by atoms with Gasteiger partial charge in [0.2, 0.25) is 0 Å². The van der Waals surface area contributed by atoms with Crippen LogP contribution in [0.3, 0.4) is 0 Å². The van der Waals surface area contributed by atoms with Gasteiger partial charge >= 0.3 is 80.3 Å². The van der Waals surface area contributed by atoms with Gasteiger partial charge in [0.15, 0.2) is 0 Å². The summed E-state index contributed by atoms with van der Waals surface area (Å²) in [7, 11) is 1.43. The van der Waals surface area contributed by atoms with E-state index in [1.807, 2.05) is 0 Å². The van der Waals surface area contributed by atoms with E-state index in [9.17, 15) is 13.9 Å². The standard InChI is InChI=1S/C7H6AsNO4/c1-13-7-3-2-5(9(11)12)4-6(7)8-10/h2-4H,1H3. The van der Waals surface area contributed by atoms with Crippen LogP contribution in [-0.4, -0.2) is 27.7 Å². The van der Waals surface area contributed by atoms with Gasteiger partial charge in [-0.3, -0.25) is 0 Å². The fraction of sp³-hybridized carbons (Fsp3) is 0.143. The summed E-state index contributed by atoms with van der Waals surface area (Å²) in [6, 6.07) is 4.03. The van der Waals surface area contributed by atoms with E-state index in [1.165, 1.54) is 25.3 Å². The summed E-state index contributed by atoms with van der Waals surface area (Å²) in [4.78, 5) is 9.81. The minimum atomic E-state index is -1.30. The molecular weight excluding hydrogens is 237 g/mol. The van der Waals surface area contributed by atoms with Crippen LogP contribution in [0, 0.1) is 10.1 Å². The first-order chi connectivity index (χ1) is 6.19. The summed E-state index contributed by atoms with van der Waals surface area (Å²) >= 11 is -1.30. The van der Waals surface area contributed by atoms with Crippen LogP contribution < -0.4 is 9.09 Å². The van der Waals surface area contributed by atoms with E-state index in [-0.39, 0.29) is 5.69 Å². The van der Waals surface area contributed by atoms with Gasteiger partial charge in [-0.25, -0.2) is 0 Å². The second kappa shape index (κ2) is 4.14. The number of benzene rings is 1. The van der Waals surface area contributed by atoms with Crippen LogP contribution in [0.1, 0.15) is 0 Å². The Balaban J connectivity index is 3.20. The topological polar surface area (TPSA) is 69.4 Å². The zero-order valence-electron chi connectivity index (χ0n) is 6.76. The van der Waals surface area contributed by atoms with Gasteiger partial charge in [-0.2, -0.15) is 0 Å². The van der Waals surface area contributed by atoms with Crippen LogP contribution in [0.4, 0.5) is 5.69 Å². The molecule has 1 aromatic rings. The Bertz CT molecular complexity index is 352. The summed E-state index contributed by atoms with van der Waals surface area (Å²) in [5.41, 5.74) is -0.0676. The van der Waals surface area contributed by atoms with Gasteiger partial charge < -0.3 is 0 Å². The van der Waals surface area contributed by atoms with Gasteiger partial charge in [-0.15, -0.1) is 0 Å². The summed E-state index contributed by atoms with van der Waals surface area (Å²) in [6.07, 6.45) is 0. The van der Waals surface area contributed by atoms with Crippen molar-refractivity contribution in [1.82, 2.24) is 0 Å². The first-order valence-electron chi connectivity index (χ1n) is 3.35. The number of hydrogen-bond donors (Lipinski definition) is 0. The van der Waals surface area contributed by atoms with Crippen molar-refractivity contribution in [2.24, 2.45) is 0 Å². The van der Waals surface area contributed by atoms with Crippen molar-refractivity contribution in [3.05, 3.63) is 28.3 Å². The van der Waals surface area contributed by atoms with Crippen molar-refractivity contribution >= 4 is 25.7 Å². The van der Waals surface area contributed by atoms with Crippen LogP contribution >= 0.6 is 0 Å². The molecule has 1 aromatic carbocycles. The van der Waals surface area contributed by atoms with Gasteiger partial charge in [-0.05, 0) is 0 Å². The second-order valence-electron chi connectivity index (χ2n) is 2.20. The second-order valence-corrected chi connectivity index (χ2v) is 3.60. The average Bonchev–Trinajstić information content (AvgIpc) is 2.16. The van der Waals surface area contributed by atoms with E-state index in [1.54, 1.807) is 0 Å². The van der Waals surface area contributed by atoms with Crippen molar-refractivity contribution in [1.29, 1.82) is 0 Å². The molecule has 1 rings (SSSR count). The Morgan fingerprint density at radius 1 is 1.54 bits per heavy atom. The Hall–Kier alpha value is -1.22. The third-order valence-corrected chi connectivity index (χ3v) is 2.62. The van der Waals surface area contributed by atoms with E-state index in [4.69, 9.17) is 4.74 Å². The zero-order chi connectivity index (χ0) is 9.84. The number of nitrogens with zero attached hydrogens (tertiary/aromatic N) is 1. The number of rotatable bonds is 3. The van der Waals surface area contributed by atoms with Gasteiger partial charge in [-0.1, -0.05) is 0 Å². The van der Waals surface area contributed by atoms with Crippen LogP contribution in [0.25, 0.3) is 0 Å². The Morgan fingerprint density at radius 2 is 2.23 bits per heavy atom. The molecule has 0 unspecified atom stereocenters. The molecule has 13 heavy (non-hydrogen) atoms. The van der Waals surface area contributed by atoms with Crippen molar-refractivity contribution in [3.63, 3.8) is 0 Å². The van der Waals surface area contributed by atoms with Gasteiger partial charge in [0.1, 0.15) is 0 Å². The molecule has 6 heteroatoms. The van der Waals surface area contributed by atoms with E-state index in [0.29, 0.717) is 10.1 Å². The molecule has 0 aliphatic heterocycles. The number of hydrogen-bond acceptors (Lipinski definition) is 4. The summed E-state index contributed by atoms with van der Waals surface area (Å²) in [5, 5.41) is 10.3. The Kier molecular flexibility index (Phi) is 3.14. The maximum absolute atomic E-state index is 10.7. The first-order valence-corrected chi connectivity index (χ1v) is 5.05. The van der Waals surface area contributed by atoms with Crippen molar-refractivity contribution in [3.8, 4) is 5.75 Å². The molecule has 0 saturated heterocycles. The van der Waals surface area contributed by atoms with E-state index in [2.05, 4.69) is 0 Å². The molecule has 0 spiro atoms. The van der Waals surface area contributed by atoms with Crippen molar-refractivity contribution in [2.45, 2.75) is 0 Å². The quantitative estimate of drug-likeness (QED) is 0.434. The number of methoxy groups -OCH3 is 1. The third kappa shape index (κ3) is 2.12. The molecule has 0 N–H and O–H groups in total. The molecule has 0 atom stereocenters.